The lowest BCUT2D eigenvalue weighted by Crippen LogP contribution is -2.28. The van der Waals surface area contributed by atoms with Crippen LogP contribution in [0, 0.1) is 17.8 Å². The Morgan fingerprint density at radius 3 is 2.68 bits per heavy atom. The highest BCUT2D eigenvalue weighted by Gasteiger charge is 2.35. The number of alkyl halides is 3. The van der Waals surface area contributed by atoms with E-state index < -0.39 is 5.57 Å². The van der Waals surface area contributed by atoms with E-state index in [4.69, 9.17) is 23.8 Å². The maximum atomic E-state index is 13.3. The maximum Gasteiger partial charge on any atom is 0.488 e. The number of carbonyl (C=O) groups excluding carboxylic acids is 2. The van der Waals surface area contributed by atoms with Crippen LogP contribution in [0.25, 0.3) is 0 Å². The molecular formula is C26H30ClF2N3O3S2. The normalized spacial score (nSPS) is 19.4. The summed E-state index contributed by atoms with van der Waals surface area (Å²) in [6.07, 6.45) is 8.23. The molecule has 3 aliphatic rings. The molecule has 3 aliphatic carbocycles. The topological polar surface area (TPSA) is 73.2 Å². The third-order valence-electron chi connectivity index (χ3n) is 7.35. The van der Waals surface area contributed by atoms with Crippen LogP contribution in [0.1, 0.15) is 69.9 Å². The minimum atomic E-state index is -3.82. The van der Waals surface area contributed by atoms with Crippen LogP contribution in [0.15, 0.2) is 6.07 Å². The van der Waals surface area contributed by atoms with E-state index in [0.29, 0.717) is 37.4 Å². The zero-order valence-electron chi connectivity index (χ0n) is 20.7. The Balaban J connectivity index is 1.26. The summed E-state index contributed by atoms with van der Waals surface area (Å²) in [7, 11) is 1.65. The molecule has 0 bridgehead atoms. The lowest BCUT2D eigenvalue weighted by Gasteiger charge is -2.23. The molecule has 200 valence electrons. The van der Waals surface area contributed by atoms with Crippen molar-refractivity contribution in [3.05, 3.63) is 32.6 Å². The first kappa shape index (κ1) is 26.7. The Kier molecular flexibility index (Phi) is 7.71. The number of aromatic nitrogens is 2. The monoisotopic (exact) mass is 569 g/mol. The second kappa shape index (κ2) is 10.7. The fourth-order valence-corrected chi connectivity index (χ4v) is 6.86. The Hall–Kier alpha value is -1.91. The van der Waals surface area contributed by atoms with E-state index in [0.717, 1.165) is 65.8 Å². The molecular weight excluding hydrogens is 540 g/mol. The fraction of sp³-hybridized carbons (Fsp3) is 0.615. The van der Waals surface area contributed by atoms with Gasteiger partial charge in [-0.1, -0.05) is 12.2 Å². The first-order valence-corrected chi connectivity index (χ1v) is 14.4. The number of carbonyl (C=O) groups is 2. The largest absolute Gasteiger partial charge is 0.488 e. The molecule has 5 rings (SSSR count). The van der Waals surface area contributed by atoms with Gasteiger partial charge in [0.2, 0.25) is 5.88 Å². The number of hydrogen-bond acceptors (Lipinski definition) is 6. The first-order valence-electron chi connectivity index (χ1n) is 12.8. The molecule has 11 heteroatoms. The molecule has 2 aromatic rings. The van der Waals surface area contributed by atoms with E-state index in [2.05, 4.69) is 15.2 Å². The summed E-state index contributed by atoms with van der Waals surface area (Å²) < 4.78 is 31.7. The van der Waals surface area contributed by atoms with Crippen LogP contribution < -0.4 is 10.1 Å². The van der Waals surface area contributed by atoms with Crippen LogP contribution >= 0.6 is 35.2 Å². The second-order valence-electron chi connectivity index (χ2n) is 10.5. The van der Waals surface area contributed by atoms with E-state index in [1.54, 1.807) is 18.4 Å². The van der Waals surface area contributed by atoms with Crippen molar-refractivity contribution in [2.75, 3.05) is 6.54 Å². The molecule has 37 heavy (non-hydrogen) atoms. The minimum Gasteiger partial charge on any atom is -0.400 e. The molecule has 2 aromatic heterocycles. The Labute approximate surface area is 229 Å². The fourth-order valence-electron chi connectivity index (χ4n) is 5.04. The van der Waals surface area contributed by atoms with Gasteiger partial charge in [-0.2, -0.15) is 0 Å². The summed E-state index contributed by atoms with van der Waals surface area (Å²) in [5.74, 6) is 0.960. The van der Waals surface area contributed by atoms with Gasteiger partial charge in [-0.15, -0.1) is 25.2 Å². The first-order chi connectivity index (χ1) is 17.6. The number of fused-ring (bicyclic) bond motifs is 1. The summed E-state index contributed by atoms with van der Waals surface area (Å²) in [6, 6.07) is 1.42. The summed E-state index contributed by atoms with van der Waals surface area (Å²) in [5, 5.41) is 7.05. The van der Waals surface area contributed by atoms with Crippen LogP contribution in [-0.4, -0.2) is 38.4 Å². The van der Waals surface area contributed by atoms with Crippen molar-refractivity contribution >= 4 is 51.7 Å². The van der Waals surface area contributed by atoms with E-state index >= 15 is 0 Å². The molecule has 0 unspecified atom stereocenters. The lowest BCUT2D eigenvalue weighted by molar-refractivity contribution is -0.119. The van der Waals surface area contributed by atoms with E-state index in [-0.39, 0.29) is 29.4 Å². The lowest BCUT2D eigenvalue weighted by atomic mass is 9.82. The average molecular weight is 570 g/mol. The standard InChI is InChI=1S/C26H30ClF2N3O3S2/c1-32-17(11-23(31-32)35-26(27,28)29)10-18(36)8-15-4-7-21-19(9-15)24(25(34)30-13-14-2-3-14)22(37-21)12-20(33)16-5-6-16/h11,14-16H,2-10,12-13H2,1H3,(H,30,34)/t15-/m1/s1. The SMILES string of the molecule is Cn1nc(OC(F)(F)Cl)cc1CC(=S)C[C@H]1CCc2sc(CC(=O)C3CC3)c(C(=O)NCC3CC3)c2C1. The Morgan fingerprint density at radius 1 is 1.24 bits per heavy atom. The predicted molar refractivity (Wildman–Crippen MR) is 142 cm³/mol. The zero-order chi connectivity index (χ0) is 26.3. The van der Waals surface area contributed by atoms with Crippen LogP contribution in [0.3, 0.4) is 0 Å². The molecule has 0 radical (unpaired) electrons. The van der Waals surface area contributed by atoms with Gasteiger partial charge in [0.1, 0.15) is 5.78 Å². The van der Waals surface area contributed by atoms with Crippen molar-refractivity contribution in [1.29, 1.82) is 0 Å². The third kappa shape index (κ3) is 6.95. The molecule has 2 saturated carbocycles. The maximum absolute atomic E-state index is 13.3. The highest BCUT2D eigenvalue weighted by atomic mass is 35.5. The van der Waals surface area contributed by atoms with Crippen molar-refractivity contribution in [2.45, 2.75) is 69.8 Å². The summed E-state index contributed by atoms with van der Waals surface area (Å²) in [6.45, 7) is 0.693. The smallest absolute Gasteiger partial charge is 0.400 e. The summed E-state index contributed by atoms with van der Waals surface area (Å²) >= 11 is 12.2. The van der Waals surface area contributed by atoms with Crippen LogP contribution in [-0.2, 0) is 37.5 Å². The molecule has 0 saturated heterocycles. The highest BCUT2D eigenvalue weighted by Crippen LogP contribution is 2.40. The van der Waals surface area contributed by atoms with Gasteiger partial charge in [0, 0.05) is 65.5 Å². The molecule has 6 nitrogen and oxygen atoms in total. The molecule has 2 heterocycles. The van der Waals surface area contributed by atoms with Crippen molar-refractivity contribution < 1.29 is 23.1 Å². The molecule has 0 spiro atoms. The molecule has 0 aromatic carbocycles. The minimum absolute atomic E-state index is 0.0512. The number of aryl methyl sites for hydroxylation is 2. The number of Topliss-reactive ketones (excluding diaryl/α,β-unsaturated/α-hetero) is 1. The predicted octanol–water partition coefficient (Wildman–Crippen LogP) is 5.42. The zero-order valence-corrected chi connectivity index (χ0v) is 23.0. The highest BCUT2D eigenvalue weighted by molar-refractivity contribution is 7.80. The molecule has 1 amide bonds. The van der Waals surface area contributed by atoms with Gasteiger partial charge in [0.05, 0.1) is 5.56 Å². The van der Waals surface area contributed by atoms with Crippen LogP contribution in [0.5, 0.6) is 5.88 Å². The number of amides is 1. The number of hydrogen-bond donors (Lipinski definition) is 1. The van der Waals surface area contributed by atoms with Gasteiger partial charge in [0.15, 0.2) is 0 Å². The summed E-state index contributed by atoms with van der Waals surface area (Å²) in [4.78, 5) is 28.8. The molecule has 2 fully saturated rings. The second-order valence-corrected chi connectivity index (χ2v) is 12.8. The van der Waals surface area contributed by atoms with Gasteiger partial charge in [-0.05, 0) is 73.6 Å². The van der Waals surface area contributed by atoms with Crippen molar-refractivity contribution in [2.24, 2.45) is 24.8 Å². The number of nitrogens with zero attached hydrogens (tertiary/aromatic N) is 2. The number of ketones is 1. The van der Waals surface area contributed by atoms with E-state index in [1.807, 2.05) is 0 Å². The number of halogens is 3. The van der Waals surface area contributed by atoms with Crippen molar-refractivity contribution in [3.63, 3.8) is 0 Å². The van der Waals surface area contributed by atoms with Gasteiger partial charge >= 0.3 is 5.57 Å². The molecule has 1 atom stereocenters. The number of rotatable bonds is 12. The van der Waals surface area contributed by atoms with Gasteiger partial charge < -0.3 is 10.1 Å². The third-order valence-corrected chi connectivity index (χ3v) is 9.03. The van der Waals surface area contributed by atoms with Gasteiger partial charge in [-0.25, -0.2) is 0 Å². The van der Waals surface area contributed by atoms with Crippen molar-refractivity contribution in [1.82, 2.24) is 15.1 Å². The van der Waals surface area contributed by atoms with Gasteiger partial charge in [-0.3, -0.25) is 14.3 Å². The average Bonchev–Trinajstić information content (AvgIpc) is 3.72. The van der Waals surface area contributed by atoms with E-state index in [1.165, 1.54) is 15.6 Å². The van der Waals surface area contributed by atoms with Crippen LogP contribution in [0.4, 0.5) is 8.78 Å². The van der Waals surface area contributed by atoms with Crippen LogP contribution in [0.2, 0.25) is 0 Å². The Morgan fingerprint density at radius 2 is 2.00 bits per heavy atom. The number of ether oxygens (including phenoxy) is 1. The van der Waals surface area contributed by atoms with Crippen molar-refractivity contribution in [3.8, 4) is 5.88 Å². The van der Waals surface area contributed by atoms with Gasteiger partial charge in [0.25, 0.3) is 5.91 Å². The molecule has 0 aliphatic heterocycles. The number of nitrogens with one attached hydrogen (secondary N) is 1. The Bertz CT molecular complexity index is 1210. The van der Waals surface area contributed by atoms with E-state index in [9.17, 15) is 18.4 Å². The molecule has 1 N–H and O–H groups in total. The summed E-state index contributed by atoms with van der Waals surface area (Å²) in [5.41, 5.74) is -1.36. The number of thiocarbonyl (C=S) groups is 1. The quantitative estimate of drug-likeness (QED) is 0.273. The number of thiophene rings is 1.